The Balaban J connectivity index is 1.59. The molecule has 1 fully saturated rings. The Morgan fingerprint density at radius 1 is 1.35 bits per heavy atom. The summed E-state index contributed by atoms with van der Waals surface area (Å²) in [6.45, 7) is 7.11. The van der Waals surface area contributed by atoms with Crippen molar-refractivity contribution in [3.05, 3.63) is 30.4 Å². The van der Waals surface area contributed by atoms with E-state index in [4.69, 9.17) is 0 Å². The summed E-state index contributed by atoms with van der Waals surface area (Å²) in [5, 5.41) is 9.65. The molecular formula is C16H22N6O. The van der Waals surface area contributed by atoms with E-state index in [2.05, 4.69) is 46.5 Å². The van der Waals surface area contributed by atoms with Crippen LogP contribution in [0.2, 0.25) is 0 Å². The van der Waals surface area contributed by atoms with Crippen molar-refractivity contribution in [2.24, 2.45) is 5.92 Å². The van der Waals surface area contributed by atoms with Gasteiger partial charge >= 0.3 is 6.03 Å². The second-order valence-electron chi connectivity index (χ2n) is 6.99. The zero-order valence-corrected chi connectivity index (χ0v) is 13.7. The van der Waals surface area contributed by atoms with Gasteiger partial charge in [0.1, 0.15) is 0 Å². The molecule has 0 bridgehead atoms. The average molecular weight is 314 g/mol. The van der Waals surface area contributed by atoms with E-state index in [9.17, 15) is 4.79 Å². The van der Waals surface area contributed by atoms with Crippen molar-refractivity contribution >= 4 is 17.7 Å². The Bertz CT molecular complexity index is 699. The van der Waals surface area contributed by atoms with Gasteiger partial charge in [-0.2, -0.15) is 5.10 Å². The highest BCUT2D eigenvalue weighted by Gasteiger charge is 2.22. The smallest absolute Gasteiger partial charge is 0.305 e. The van der Waals surface area contributed by atoms with Gasteiger partial charge in [-0.3, -0.25) is 10.00 Å². The van der Waals surface area contributed by atoms with Crippen molar-refractivity contribution in [3.8, 4) is 0 Å². The molecule has 7 nitrogen and oxygen atoms in total. The fourth-order valence-electron chi connectivity index (χ4n) is 2.19. The van der Waals surface area contributed by atoms with Crippen molar-refractivity contribution in [1.29, 1.82) is 0 Å². The zero-order valence-electron chi connectivity index (χ0n) is 13.7. The molecule has 0 atom stereocenters. The molecule has 0 spiro atoms. The molecule has 2 heterocycles. The van der Waals surface area contributed by atoms with Crippen LogP contribution in [0.1, 0.15) is 39.3 Å². The van der Waals surface area contributed by atoms with Crippen molar-refractivity contribution in [2.75, 3.05) is 10.6 Å². The first kappa shape index (κ1) is 15.5. The number of aromatic nitrogens is 4. The summed E-state index contributed by atoms with van der Waals surface area (Å²) in [6.07, 6.45) is 7.67. The van der Waals surface area contributed by atoms with Crippen LogP contribution in [0.5, 0.6) is 0 Å². The molecule has 0 aromatic carbocycles. The van der Waals surface area contributed by atoms with Crippen LogP contribution in [-0.2, 0) is 12.0 Å². The standard InChI is InChI=1S/C16H22N6O/c1-16(2,3)13-6-7-17-14(20-13)21-15(23)19-12-8-18-22(10-12)9-11-4-5-11/h6-8,10-11H,4-5,9H2,1-3H3,(H2,17,19,20,21,23). The van der Waals surface area contributed by atoms with Crippen LogP contribution in [0, 0.1) is 5.92 Å². The second-order valence-corrected chi connectivity index (χ2v) is 6.99. The first-order chi connectivity index (χ1) is 10.9. The van der Waals surface area contributed by atoms with E-state index in [1.807, 2.05) is 16.9 Å². The fraction of sp³-hybridized carbons (Fsp3) is 0.500. The maximum Gasteiger partial charge on any atom is 0.326 e. The third-order valence-corrected chi connectivity index (χ3v) is 3.68. The van der Waals surface area contributed by atoms with Crippen molar-refractivity contribution in [1.82, 2.24) is 19.7 Å². The Morgan fingerprint density at radius 2 is 2.13 bits per heavy atom. The van der Waals surface area contributed by atoms with E-state index in [0.29, 0.717) is 11.6 Å². The normalized spacial score (nSPS) is 14.6. The van der Waals surface area contributed by atoms with Crippen LogP contribution in [0.25, 0.3) is 0 Å². The van der Waals surface area contributed by atoms with Crippen molar-refractivity contribution in [3.63, 3.8) is 0 Å². The molecule has 1 aliphatic carbocycles. The monoisotopic (exact) mass is 314 g/mol. The Hall–Kier alpha value is -2.44. The van der Waals surface area contributed by atoms with Crippen LogP contribution in [-0.4, -0.2) is 25.8 Å². The van der Waals surface area contributed by atoms with Gasteiger partial charge in [0.25, 0.3) is 0 Å². The molecule has 3 rings (SSSR count). The summed E-state index contributed by atoms with van der Waals surface area (Å²) >= 11 is 0. The molecule has 0 saturated heterocycles. The molecule has 122 valence electrons. The van der Waals surface area contributed by atoms with E-state index in [1.54, 1.807) is 12.4 Å². The lowest BCUT2D eigenvalue weighted by Gasteiger charge is -2.17. The third-order valence-electron chi connectivity index (χ3n) is 3.68. The summed E-state index contributed by atoms with van der Waals surface area (Å²) in [4.78, 5) is 20.5. The maximum atomic E-state index is 12.0. The van der Waals surface area contributed by atoms with Gasteiger partial charge in [-0.15, -0.1) is 0 Å². The van der Waals surface area contributed by atoms with E-state index in [0.717, 1.165) is 18.2 Å². The van der Waals surface area contributed by atoms with Crippen molar-refractivity contribution in [2.45, 2.75) is 45.6 Å². The zero-order chi connectivity index (χ0) is 16.4. The molecule has 0 aliphatic heterocycles. The molecule has 1 saturated carbocycles. The predicted octanol–water partition coefficient (Wildman–Crippen LogP) is 3.02. The van der Waals surface area contributed by atoms with Crippen LogP contribution in [0.15, 0.2) is 24.7 Å². The molecule has 0 radical (unpaired) electrons. The quantitative estimate of drug-likeness (QED) is 0.908. The number of carbonyl (C=O) groups excluding carboxylic acids is 1. The molecule has 1 aliphatic rings. The Labute approximate surface area is 135 Å². The second kappa shape index (κ2) is 5.98. The van der Waals surface area contributed by atoms with Gasteiger partial charge in [-0.25, -0.2) is 14.8 Å². The maximum absolute atomic E-state index is 12.0. The van der Waals surface area contributed by atoms with Gasteiger partial charge in [0.05, 0.1) is 17.6 Å². The molecule has 0 unspecified atom stereocenters. The highest BCUT2D eigenvalue weighted by Crippen LogP contribution is 2.30. The van der Waals surface area contributed by atoms with Gasteiger partial charge in [-0.05, 0) is 24.8 Å². The van der Waals surface area contributed by atoms with Crippen LogP contribution in [0.4, 0.5) is 16.4 Å². The third kappa shape index (κ3) is 4.28. The van der Waals surface area contributed by atoms with Gasteiger partial charge in [0, 0.05) is 24.4 Å². The molecule has 2 amide bonds. The molecule has 2 N–H and O–H groups in total. The lowest BCUT2D eigenvalue weighted by atomic mass is 9.92. The van der Waals surface area contributed by atoms with Gasteiger partial charge in [-0.1, -0.05) is 20.8 Å². The van der Waals surface area contributed by atoms with Crippen LogP contribution >= 0.6 is 0 Å². The van der Waals surface area contributed by atoms with E-state index >= 15 is 0 Å². The summed E-state index contributed by atoms with van der Waals surface area (Å²) in [5.41, 5.74) is 1.44. The number of rotatable bonds is 4. The Kier molecular flexibility index (Phi) is 4.02. The number of carbonyl (C=O) groups is 1. The fourth-order valence-corrected chi connectivity index (χ4v) is 2.19. The van der Waals surface area contributed by atoms with Gasteiger partial charge < -0.3 is 5.32 Å². The molecule has 2 aromatic heterocycles. The van der Waals surface area contributed by atoms with Gasteiger partial charge in [0.2, 0.25) is 5.95 Å². The summed E-state index contributed by atoms with van der Waals surface area (Å²) in [6, 6.07) is 1.48. The molecule has 2 aromatic rings. The molecule has 23 heavy (non-hydrogen) atoms. The van der Waals surface area contributed by atoms with E-state index < -0.39 is 0 Å². The Morgan fingerprint density at radius 3 is 2.83 bits per heavy atom. The van der Waals surface area contributed by atoms with E-state index in [-0.39, 0.29) is 11.4 Å². The minimum absolute atomic E-state index is 0.0974. The number of nitrogens with one attached hydrogen (secondary N) is 2. The van der Waals surface area contributed by atoms with Crippen LogP contribution < -0.4 is 10.6 Å². The molecular weight excluding hydrogens is 292 g/mol. The highest BCUT2D eigenvalue weighted by atomic mass is 16.2. The minimum atomic E-state index is -0.373. The number of hydrogen-bond donors (Lipinski definition) is 2. The average Bonchev–Trinajstić information content (AvgIpc) is 3.17. The summed E-state index contributed by atoms with van der Waals surface area (Å²) < 4.78 is 1.87. The largest absolute Gasteiger partial charge is 0.326 e. The number of amides is 2. The van der Waals surface area contributed by atoms with E-state index in [1.165, 1.54) is 12.8 Å². The highest BCUT2D eigenvalue weighted by molar-refractivity contribution is 5.98. The first-order valence-electron chi connectivity index (χ1n) is 7.84. The number of hydrogen-bond acceptors (Lipinski definition) is 4. The topological polar surface area (TPSA) is 84.7 Å². The number of urea groups is 1. The first-order valence-corrected chi connectivity index (χ1v) is 7.84. The predicted molar refractivity (Wildman–Crippen MR) is 88.3 cm³/mol. The summed E-state index contributed by atoms with van der Waals surface area (Å²) in [7, 11) is 0. The van der Waals surface area contributed by atoms with Gasteiger partial charge in [0.15, 0.2) is 0 Å². The minimum Gasteiger partial charge on any atom is -0.305 e. The number of nitrogens with zero attached hydrogens (tertiary/aromatic N) is 4. The lowest BCUT2D eigenvalue weighted by Crippen LogP contribution is -2.22. The number of anilines is 2. The van der Waals surface area contributed by atoms with Crippen molar-refractivity contribution < 1.29 is 4.79 Å². The van der Waals surface area contributed by atoms with Crippen LogP contribution in [0.3, 0.4) is 0 Å². The lowest BCUT2D eigenvalue weighted by molar-refractivity contribution is 0.262. The SMILES string of the molecule is CC(C)(C)c1ccnc(NC(=O)Nc2cnn(CC3CC3)c2)n1. The molecule has 7 heteroatoms. The summed E-state index contributed by atoms with van der Waals surface area (Å²) in [5.74, 6) is 1.03.